The lowest BCUT2D eigenvalue weighted by atomic mass is 10.1. The molecule has 0 aliphatic carbocycles. The first-order valence-corrected chi connectivity index (χ1v) is 6.61. The van der Waals surface area contributed by atoms with Gasteiger partial charge in [0, 0.05) is 13.1 Å². The Morgan fingerprint density at radius 2 is 1.41 bits per heavy atom. The van der Waals surface area contributed by atoms with Gasteiger partial charge >= 0.3 is 6.19 Å². The number of likely N-dealkylation sites (tertiary alicyclic amines) is 2. The van der Waals surface area contributed by atoms with E-state index in [0.717, 1.165) is 26.2 Å². The average molecular weight is 235 g/mol. The van der Waals surface area contributed by atoms with Crippen molar-refractivity contribution < 1.29 is 4.48 Å². The molecule has 17 heavy (non-hydrogen) atoms. The Morgan fingerprint density at radius 3 is 1.76 bits per heavy atom. The summed E-state index contributed by atoms with van der Waals surface area (Å²) < 4.78 is 0.625. The molecule has 2 saturated heterocycles. The molecule has 0 aromatic heterocycles. The van der Waals surface area contributed by atoms with Gasteiger partial charge in [0.2, 0.25) is 0 Å². The van der Waals surface area contributed by atoms with Gasteiger partial charge in [-0.25, -0.2) is 4.48 Å². The zero-order valence-electron chi connectivity index (χ0n) is 10.9. The quantitative estimate of drug-likeness (QED) is 0.477. The lowest BCUT2D eigenvalue weighted by molar-refractivity contribution is -0.850. The summed E-state index contributed by atoms with van der Waals surface area (Å²) in [5.41, 5.74) is 0. The van der Waals surface area contributed by atoms with E-state index in [4.69, 9.17) is 10.5 Å². The Bertz CT molecular complexity index is 288. The van der Waals surface area contributed by atoms with Crippen molar-refractivity contribution >= 4 is 0 Å². The summed E-state index contributed by atoms with van der Waals surface area (Å²) in [6.45, 7) is 4.07. The highest BCUT2D eigenvalue weighted by molar-refractivity contribution is 4.76. The van der Waals surface area contributed by atoms with Crippen molar-refractivity contribution in [2.75, 3.05) is 33.2 Å². The molecule has 0 aromatic rings. The molecule has 94 valence electrons. The molecule has 2 aliphatic rings. The molecule has 0 aromatic carbocycles. The molecular weight excluding hydrogens is 212 g/mol. The van der Waals surface area contributed by atoms with E-state index in [1.807, 2.05) is 11.9 Å². The number of nitriles is 2. The van der Waals surface area contributed by atoms with Gasteiger partial charge in [-0.05, 0) is 38.5 Å². The lowest BCUT2D eigenvalue weighted by Crippen LogP contribution is -2.43. The highest BCUT2D eigenvalue weighted by atomic mass is 15.3. The molecule has 2 fully saturated rings. The molecule has 0 unspecified atom stereocenters. The van der Waals surface area contributed by atoms with Gasteiger partial charge in [-0.1, -0.05) is 0 Å². The zero-order valence-corrected chi connectivity index (χ0v) is 10.9. The van der Waals surface area contributed by atoms with Crippen LogP contribution >= 0.6 is 0 Å². The number of rotatable bonds is 0. The molecular formula is C13H23N4+. The third kappa shape index (κ3) is 5.06. The maximum atomic E-state index is 8.67. The van der Waals surface area contributed by atoms with Gasteiger partial charge in [0.15, 0.2) is 6.19 Å². The van der Waals surface area contributed by atoms with Crippen LogP contribution in [0, 0.1) is 22.9 Å². The highest BCUT2D eigenvalue weighted by Crippen LogP contribution is 2.13. The number of hydrogen-bond donors (Lipinski definition) is 0. The largest absolute Gasteiger partial charge is 0.311 e. The fourth-order valence-corrected chi connectivity index (χ4v) is 2.30. The maximum Gasteiger partial charge on any atom is 0.308 e. The standard InChI is InChI=1S/C7H13N2.C6H10N2/c1-9(7-8)5-3-2-4-6-9;7-6-8-4-2-1-3-5-8/h2-6H2,1H3;1-5H2/q+1;. The third-order valence-electron chi connectivity index (χ3n) is 3.54. The molecule has 0 saturated carbocycles. The van der Waals surface area contributed by atoms with Gasteiger partial charge in [-0.3, -0.25) is 0 Å². The molecule has 0 atom stereocenters. The summed E-state index contributed by atoms with van der Waals surface area (Å²) in [6, 6.07) is 0. The molecule has 2 heterocycles. The van der Waals surface area contributed by atoms with E-state index in [0.29, 0.717) is 4.48 Å². The van der Waals surface area contributed by atoms with E-state index in [-0.39, 0.29) is 0 Å². The van der Waals surface area contributed by atoms with Crippen LogP contribution in [0.15, 0.2) is 0 Å². The Kier molecular flexibility index (Phi) is 5.80. The highest BCUT2D eigenvalue weighted by Gasteiger charge is 2.24. The van der Waals surface area contributed by atoms with Crippen LogP contribution in [-0.2, 0) is 0 Å². The van der Waals surface area contributed by atoms with Gasteiger partial charge in [0.1, 0.15) is 0 Å². The summed E-state index contributed by atoms with van der Waals surface area (Å²) >= 11 is 0. The summed E-state index contributed by atoms with van der Waals surface area (Å²) in [6.07, 6.45) is 11.9. The van der Waals surface area contributed by atoms with Gasteiger partial charge in [-0.2, -0.15) is 5.26 Å². The topological polar surface area (TPSA) is 50.8 Å². The SMILES string of the molecule is C[N+]1(C#N)CCCCC1.N#CN1CCCCC1. The average Bonchev–Trinajstić information content (AvgIpc) is 2.41. The second-order valence-electron chi connectivity index (χ2n) is 5.15. The predicted molar refractivity (Wildman–Crippen MR) is 66.4 cm³/mol. The van der Waals surface area contributed by atoms with Crippen molar-refractivity contribution in [2.45, 2.75) is 38.5 Å². The molecule has 0 spiro atoms. The first kappa shape index (κ1) is 13.8. The fraction of sp³-hybridized carbons (Fsp3) is 0.846. The van der Waals surface area contributed by atoms with Crippen molar-refractivity contribution in [3.8, 4) is 12.4 Å². The maximum absolute atomic E-state index is 8.67. The van der Waals surface area contributed by atoms with Gasteiger partial charge in [0.05, 0.1) is 20.1 Å². The zero-order chi connectivity index (χ0) is 12.6. The second-order valence-corrected chi connectivity index (χ2v) is 5.15. The van der Waals surface area contributed by atoms with Crippen LogP contribution in [0.4, 0.5) is 0 Å². The molecule has 0 amide bonds. The minimum Gasteiger partial charge on any atom is -0.311 e. The van der Waals surface area contributed by atoms with Crippen molar-refractivity contribution in [1.29, 1.82) is 10.5 Å². The molecule has 0 radical (unpaired) electrons. The van der Waals surface area contributed by atoms with Gasteiger partial charge in [-0.15, -0.1) is 5.26 Å². The monoisotopic (exact) mass is 235 g/mol. The van der Waals surface area contributed by atoms with Crippen molar-refractivity contribution in [3.63, 3.8) is 0 Å². The van der Waals surface area contributed by atoms with E-state index in [9.17, 15) is 0 Å². The van der Waals surface area contributed by atoms with Crippen LogP contribution in [0.1, 0.15) is 38.5 Å². The normalized spacial score (nSPS) is 22.6. The fourth-order valence-electron chi connectivity index (χ4n) is 2.30. The van der Waals surface area contributed by atoms with E-state index in [1.165, 1.54) is 38.5 Å². The van der Waals surface area contributed by atoms with Crippen LogP contribution in [-0.4, -0.2) is 42.6 Å². The van der Waals surface area contributed by atoms with E-state index >= 15 is 0 Å². The summed E-state index contributed by atoms with van der Waals surface area (Å²) in [7, 11) is 2.01. The van der Waals surface area contributed by atoms with Gasteiger partial charge in [0.25, 0.3) is 0 Å². The lowest BCUT2D eigenvalue weighted by Gasteiger charge is -2.28. The molecule has 4 nitrogen and oxygen atoms in total. The van der Waals surface area contributed by atoms with E-state index in [2.05, 4.69) is 12.4 Å². The first-order valence-electron chi connectivity index (χ1n) is 6.61. The van der Waals surface area contributed by atoms with E-state index < -0.39 is 0 Å². The molecule has 0 N–H and O–H groups in total. The van der Waals surface area contributed by atoms with Crippen LogP contribution in [0.5, 0.6) is 0 Å². The minimum atomic E-state index is 0.625. The molecule has 2 rings (SSSR count). The number of hydrogen-bond acceptors (Lipinski definition) is 3. The molecule has 2 aliphatic heterocycles. The Morgan fingerprint density at radius 1 is 0.882 bits per heavy atom. The molecule has 0 bridgehead atoms. The number of quaternary nitrogens is 1. The Labute approximate surface area is 105 Å². The number of nitrogens with zero attached hydrogens (tertiary/aromatic N) is 4. The summed E-state index contributed by atoms with van der Waals surface area (Å²) in [5, 5.41) is 17.0. The van der Waals surface area contributed by atoms with Crippen LogP contribution in [0.3, 0.4) is 0 Å². The van der Waals surface area contributed by atoms with Crippen LogP contribution in [0.25, 0.3) is 0 Å². The second kappa shape index (κ2) is 7.14. The van der Waals surface area contributed by atoms with Crippen molar-refractivity contribution in [2.24, 2.45) is 0 Å². The Hall–Kier alpha value is -1.26. The van der Waals surface area contributed by atoms with Crippen LogP contribution in [0.2, 0.25) is 0 Å². The van der Waals surface area contributed by atoms with Gasteiger partial charge < -0.3 is 4.90 Å². The smallest absolute Gasteiger partial charge is 0.308 e. The Balaban J connectivity index is 0.000000171. The van der Waals surface area contributed by atoms with E-state index in [1.54, 1.807) is 0 Å². The number of piperidine rings is 2. The van der Waals surface area contributed by atoms with Crippen molar-refractivity contribution in [3.05, 3.63) is 0 Å². The van der Waals surface area contributed by atoms with Crippen LogP contribution < -0.4 is 0 Å². The minimum absolute atomic E-state index is 0.625. The summed E-state index contributed by atoms with van der Waals surface area (Å²) in [4.78, 5) is 1.82. The molecule has 4 heteroatoms. The third-order valence-corrected chi connectivity index (χ3v) is 3.54. The van der Waals surface area contributed by atoms with Crippen molar-refractivity contribution in [1.82, 2.24) is 4.90 Å². The summed E-state index contributed by atoms with van der Waals surface area (Å²) in [5.74, 6) is 0. The first-order chi connectivity index (χ1) is 8.20. The predicted octanol–water partition coefficient (Wildman–Crippen LogP) is 2.05.